The molecule has 0 aliphatic carbocycles. The zero-order valence-electron chi connectivity index (χ0n) is 6.29. The lowest BCUT2D eigenvalue weighted by Crippen LogP contribution is -2.32. The molecule has 0 radical (unpaired) electrons. The van der Waals surface area contributed by atoms with Gasteiger partial charge in [0, 0.05) is 0 Å². The first-order chi connectivity index (χ1) is 4.72. The maximum Gasteiger partial charge on any atom is 0.326 e. The van der Waals surface area contributed by atoms with Crippen molar-refractivity contribution in [3.63, 3.8) is 0 Å². The minimum Gasteiger partial charge on any atom is -0.542 e. The number of rotatable bonds is 4. The quantitative estimate of drug-likeness (QED) is 0.546. The lowest BCUT2D eigenvalue weighted by Gasteiger charge is -2.07. The Labute approximate surface area is 66.1 Å². The monoisotopic (exact) mass is 161 g/mol. The molecule has 2 N–H and O–H groups in total. The zero-order valence-corrected chi connectivity index (χ0v) is 7.11. The number of carbonyl (C=O) groups is 1. The Bertz CT molecular complexity index is 112. The van der Waals surface area contributed by atoms with E-state index in [2.05, 4.69) is 4.65 Å². The predicted molar refractivity (Wildman–Crippen MR) is 45.6 cm³/mol. The van der Waals surface area contributed by atoms with Crippen LogP contribution in [0, 0.1) is 0 Å². The molecule has 0 aliphatic rings. The maximum atomic E-state index is 10.7. The molecule has 0 heterocycles. The number of hydrogen-bond donors (Lipinski definition) is 1. The number of hydrogen-bond acceptors (Lipinski definition) is 4. The molecule has 10 heavy (non-hydrogen) atoms. The molecular formula is C5H12BNO2S. The van der Waals surface area contributed by atoms with Gasteiger partial charge in [-0.3, -0.25) is 4.79 Å². The van der Waals surface area contributed by atoms with E-state index in [1.165, 1.54) is 8.05 Å². The van der Waals surface area contributed by atoms with E-state index in [0.29, 0.717) is 6.42 Å². The van der Waals surface area contributed by atoms with Crippen LogP contribution in [0.3, 0.4) is 0 Å². The van der Waals surface area contributed by atoms with E-state index < -0.39 is 6.04 Å². The van der Waals surface area contributed by atoms with Crippen LogP contribution >= 0.6 is 11.8 Å². The molecule has 0 aromatic heterocycles. The van der Waals surface area contributed by atoms with Crippen LogP contribution in [-0.4, -0.2) is 32.1 Å². The summed E-state index contributed by atoms with van der Waals surface area (Å²) >= 11 is 1.67. The van der Waals surface area contributed by atoms with E-state index in [4.69, 9.17) is 5.73 Å². The first kappa shape index (κ1) is 9.84. The van der Waals surface area contributed by atoms with Gasteiger partial charge in [0.25, 0.3) is 0 Å². The molecular weight excluding hydrogens is 149 g/mol. The van der Waals surface area contributed by atoms with Crippen molar-refractivity contribution in [3.05, 3.63) is 0 Å². The summed E-state index contributed by atoms with van der Waals surface area (Å²) in [6.07, 6.45) is 2.66. The highest BCUT2D eigenvalue weighted by atomic mass is 32.2. The van der Waals surface area contributed by atoms with Crippen molar-refractivity contribution in [1.82, 2.24) is 0 Å². The molecule has 0 unspecified atom stereocenters. The van der Waals surface area contributed by atoms with Gasteiger partial charge in [-0.15, -0.1) is 0 Å². The zero-order chi connectivity index (χ0) is 7.98. The predicted octanol–water partition coefficient (Wildman–Crippen LogP) is -0.842. The van der Waals surface area contributed by atoms with Gasteiger partial charge < -0.3 is 10.4 Å². The van der Waals surface area contributed by atoms with Gasteiger partial charge in [0.2, 0.25) is 0 Å². The standard InChI is InChI=1S/C5H12BNO2S/c1-10-3-2-4(7)5(8)9-6/h4H,2-3,6-7H2,1H3/t4-/m0/s1. The second-order valence-electron chi connectivity index (χ2n) is 1.91. The fourth-order valence-corrected chi connectivity index (χ4v) is 1.00. The molecule has 0 rings (SSSR count). The average Bonchev–Trinajstić information content (AvgIpc) is 1.98. The molecule has 5 heteroatoms. The molecule has 0 spiro atoms. The van der Waals surface area contributed by atoms with Crippen molar-refractivity contribution < 1.29 is 9.45 Å². The van der Waals surface area contributed by atoms with Gasteiger partial charge in [0.05, 0.1) is 0 Å². The van der Waals surface area contributed by atoms with E-state index in [1.54, 1.807) is 11.8 Å². The van der Waals surface area contributed by atoms with E-state index in [9.17, 15) is 4.79 Å². The third-order valence-corrected chi connectivity index (χ3v) is 1.78. The fourth-order valence-electron chi connectivity index (χ4n) is 0.514. The summed E-state index contributed by atoms with van der Waals surface area (Å²) in [5, 5.41) is 0. The van der Waals surface area contributed by atoms with E-state index >= 15 is 0 Å². The minimum atomic E-state index is -0.447. The molecule has 0 fully saturated rings. The van der Waals surface area contributed by atoms with Gasteiger partial charge in [-0.1, -0.05) is 0 Å². The smallest absolute Gasteiger partial charge is 0.326 e. The van der Waals surface area contributed by atoms with Crippen molar-refractivity contribution in [2.45, 2.75) is 12.5 Å². The molecule has 0 saturated heterocycles. The first-order valence-corrected chi connectivity index (χ1v) is 4.44. The van der Waals surface area contributed by atoms with Crippen molar-refractivity contribution in [1.29, 1.82) is 0 Å². The van der Waals surface area contributed by atoms with Crippen LogP contribution in [0.4, 0.5) is 0 Å². The van der Waals surface area contributed by atoms with Gasteiger partial charge >= 0.3 is 14.0 Å². The molecule has 1 atom stereocenters. The summed E-state index contributed by atoms with van der Waals surface area (Å²) in [7, 11) is 1.35. The largest absolute Gasteiger partial charge is 0.542 e. The number of thioether (sulfide) groups is 1. The van der Waals surface area contributed by atoms with Gasteiger partial charge in [-0.2, -0.15) is 11.8 Å². The normalized spacial score (nSPS) is 12.6. The Morgan fingerprint density at radius 2 is 2.50 bits per heavy atom. The third-order valence-electron chi connectivity index (χ3n) is 1.14. The Morgan fingerprint density at radius 3 is 2.90 bits per heavy atom. The first-order valence-electron chi connectivity index (χ1n) is 3.04. The molecule has 0 saturated carbocycles. The molecule has 0 aromatic rings. The second-order valence-corrected chi connectivity index (χ2v) is 2.90. The average molecular weight is 161 g/mol. The van der Waals surface area contributed by atoms with E-state index in [0.717, 1.165) is 5.75 Å². The minimum absolute atomic E-state index is 0.325. The summed E-state index contributed by atoms with van der Waals surface area (Å²) in [6.45, 7) is 0. The summed E-state index contributed by atoms with van der Waals surface area (Å²) in [6, 6.07) is -0.447. The lowest BCUT2D eigenvalue weighted by atomic mass is 10.2. The molecule has 0 aliphatic heterocycles. The highest BCUT2D eigenvalue weighted by Gasteiger charge is 2.11. The highest BCUT2D eigenvalue weighted by molar-refractivity contribution is 7.98. The van der Waals surface area contributed by atoms with Crippen LogP contribution in [0.25, 0.3) is 0 Å². The third kappa shape index (κ3) is 3.79. The fraction of sp³-hybridized carbons (Fsp3) is 0.800. The van der Waals surface area contributed by atoms with Crippen LogP contribution in [0.15, 0.2) is 0 Å². The van der Waals surface area contributed by atoms with Crippen LogP contribution in [0.5, 0.6) is 0 Å². The molecule has 0 aromatic carbocycles. The molecule has 0 bridgehead atoms. The Morgan fingerprint density at radius 1 is 1.90 bits per heavy atom. The lowest BCUT2D eigenvalue weighted by molar-refractivity contribution is -0.135. The van der Waals surface area contributed by atoms with Crippen LogP contribution < -0.4 is 5.73 Å². The van der Waals surface area contributed by atoms with Crippen molar-refractivity contribution in [2.24, 2.45) is 5.73 Å². The Hall–Kier alpha value is -0.155. The van der Waals surface area contributed by atoms with Gasteiger partial charge in [0.15, 0.2) is 0 Å². The molecule has 0 amide bonds. The number of carbonyl (C=O) groups excluding carboxylic acids is 1. The van der Waals surface area contributed by atoms with Crippen LogP contribution in [0.1, 0.15) is 6.42 Å². The summed E-state index contributed by atoms with van der Waals surface area (Å²) in [5.41, 5.74) is 5.43. The Kier molecular flexibility index (Phi) is 5.53. The van der Waals surface area contributed by atoms with Crippen LogP contribution in [0.2, 0.25) is 0 Å². The summed E-state index contributed by atoms with van der Waals surface area (Å²) < 4.78 is 4.44. The topological polar surface area (TPSA) is 52.3 Å². The van der Waals surface area contributed by atoms with Gasteiger partial charge in [-0.25, -0.2) is 0 Å². The van der Waals surface area contributed by atoms with Crippen molar-refractivity contribution in [2.75, 3.05) is 12.0 Å². The second kappa shape index (κ2) is 5.62. The van der Waals surface area contributed by atoms with E-state index in [-0.39, 0.29) is 5.97 Å². The SMILES string of the molecule is BOC(=O)[C@@H](N)CCSC. The van der Waals surface area contributed by atoms with Crippen molar-refractivity contribution >= 4 is 25.8 Å². The van der Waals surface area contributed by atoms with Gasteiger partial charge in [-0.05, 0) is 18.4 Å². The van der Waals surface area contributed by atoms with E-state index in [1.807, 2.05) is 6.26 Å². The van der Waals surface area contributed by atoms with Crippen LogP contribution in [-0.2, 0) is 9.45 Å². The highest BCUT2D eigenvalue weighted by Crippen LogP contribution is 1.99. The summed E-state index contributed by atoms with van der Waals surface area (Å²) in [5.74, 6) is 0.574. The Balaban J connectivity index is 3.41. The summed E-state index contributed by atoms with van der Waals surface area (Å²) in [4.78, 5) is 10.7. The number of nitrogens with two attached hydrogens (primary N) is 1. The van der Waals surface area contributed by atoms with Crippen molar-refractivity contribution in [3.8, 4) is 0 Å². The molecule has 3 nitrogen and oxygen atoms in total. The van der Waals surface area contributed by atoms with Gasteiger partial charge in [0.1, 0.15) is 6.04 Å². The molecule has 58 valence electrons. The maximum absolute atomic E-state index is 10.7.